The van der Waals surface area contributed by atoms with Gasteiger partial charge in [-0.2, -0.15) is 0 Å². The summed E-state index contributed by atoms with van der Waals surface area (Å²) in [4.78, 5) is 0. The van der Waals surface area contributed by atoms with Crippen molar-refractivity contribution in [3.8, 4) is 5.75 Å². The van der Waals surface area contributed by atoms with Gasteiger partial charge in [-0.25, -0.2) is 0 Å². The Morgan fingerprint density at radius 3 is 1.24 bits per heavy atom. The van der Waals surface area contributed by atoms with E-state index in [2.05, 4.69) is 0 Å². The Labute approximate surface area is 349 Å². The Hall–Kier alpha value is -4.54. The fourth-order valence-corrected chi connectivity index (χ4v) is 19.9. The number of ether oxygens (including phenoxy) is 4. The lowest BCUT2D eigenvalue weighted by molar-refractivity contribution is -0.302. The molecule has 8 rings (SSSR count). The van der Waals surface area contributed by atoms with Crippen LogP contribution in [-0.2, 0) is 23.3 Å². The molecule has 2 saturated heterocycles. The number of hydrogen-bond acceptors (Lipinski definition) is 6. The molecule has 0 spiro atoms. The summed E-state index contributed by atoms with van der Waals surface area (Å²) in [6.07, 6.45) is -3.45. The topological polar surface area (TPSA) is 71.1 Å². The van der Waals surface area contributed by atoms with Gasteiger partial charge in [0.1, 0.15) is 18.0 Å². The van der Waals surface area contributed by atoms with Gasteiger partial charge < -0.3 is 28.1 Å². The second-order valence-electron chi connectivity index (χ2n) is 16.4. The van der Waals surface area contributed by atoms with E-state index in [0.717, 1.165) is 71.3 Å². The van der Waals surface area contributed by atoms with E-state index < -0.39 is 50.4 Å². The number of benzene rings is 6. The lowest BCUT2D eigenvalue weighted by atomic mass is 10.0. The summed E-state index contributed by atoms with van der Waals surface area (Å²) in [5, 5.41) is 2.98. The minimum atomic E-state index is -4.00. The Morgan fingerprint density at radius 2 is 0.831 bits per heavy atom. The van der Waals surface area contributed by atoms with Crippen molar-refractivity contribution >= 4 is 35.5 Å². The number of hydrogen-bond donors (Lipinski definition) is 0. The van der Waals surface area contributed by atoms with E-state index in [4.69, 9.17) is 18.9 Å². The smallest absolute Gasteiger partial charge is 0.211 e. The standard InChI is InChI=1S/C51H54O6P2/c1-32-19-15-20-33(2)44(32)58(52,45-34(3)21-16-22-35(45)4)48-43-42(31-54-50(57-43)40-27-11-9-12-28-40)56-51(55-41-29-13-10-14-30-41)49(48)59(53,46-36(5)23-17-24-37(46)6)47-38(7)25-18-26-39(47)8/h9-30,42-43,48-51H,31H2,1-8H3/t42-,43-,48+,49-,50-,51-/m1/s1. The van der Waals surface area contributed by atoms with Gasteiger partial charge in [0.25, 0.3) is 0 Å². The normalized spacial score (nSPS) is 22.1. The lowest BCUT2D eigenvalue weighted by Crippen LogP contribution is -2.65. The summed E-state index contributed by atoms with van der Waals surface area (Å²) in [6, 6.07) is 43.8. The van der Waals surface area contributed by atoms with E-state index in [0.29, 0.717) is 5.75 Å². The predicted octanol–water partition coefficient (Wildman–Crippen LogP) is 10.1. The van der Waals surface area contributed by atoms with E-state index in [1.54, 1.807) is 0 Å². The van der Waals surface area contributed by atoms with E-state index in [1.807, 2.05) is 189 Å². The molecule has 6 nitrogen and oxygen atoms in total. The Bertz CT molecular complexity index is 2400. The molecule has 0 radical (unpaired) electrons. The van der Waals surface area contributed by atoms with Gasteiger partial charge in [-0.3, -0.25) is 0 Å². The zero-order valence-electron chi connectivity index (χ0n) is 35.2. The highest BCUT2D eigenvalue weighted by Gasteiger charge is 2.65. The van der Waals surface area contributed by atoms with Crippen molar-refractivity contribution in [1.29, 1.82) is 0 Å². The van der Waals surface area contributed by atoms with Gasteiger partial charge in [0.2, 0.25) is 6.29 Å². The quantitative estimate of drug-likeness (QED) is 0.135. The van der Waals surface area contributed by atoms with Gasteiger partial charge in [0.15, 0.2) is 20.6 Å². The monoisotopic (exact) mass is 824 g/mol. The highest BCUT2D eigenvalue weighted by atomic mass is 31.2. The van der Waals surface area contributed by atoms with E-state index in [1.165, 1.54) is 0 Å². The molecule has 6 atom stereocenters. The third-order valence-electron chi connectivity index (χ3n) is 12.3. The van der Waals surface area contributed by atoms with Gasteiger partial charge in [0.05, 0.1) is 17.9 Å². The molecule has 0 saturated carbocycles. The van der Waals surface area contributed by atoms with Gasteiger partial charge in [0, 0.05) is 26.8 Å². The van der Waals surface area contributed by atoms with E-state index >= 15 is 9.13 Å². The summed E-state index contributed by atoms with van der Waals surface area (Å²) in [6.45, 7) is 16.4. The molecule has 0 amide bonds. The molecule has 2 aliphatic rings. The van der Waals surface area contributed by atoms with Crippen LogP contribution in [0.1, 0.15) is 56.4 Å². The number of rotatable bonds is 9. The van der Waals surface area contributed by atoms with Crippen molar-refractivity contribution < 1.29 is 28.1 Å². The summed E-state index contributed by atoms with van der Waals surface area (Å²) in [7, 11) is -7.96. The van der Waals surface area contributed by atoms with Crippen molar-refractivity contribution in [1.82, 2.24) is 0 Å². The van der Waals surface area contributed by atoms with Crippen LogP contribution in [0.5, 0.6) is 5.75 Å². The average molecular weight is 825 g/mol. The van der Waals surface area contributed by atoms with Gasteiger partial charge >= 0.3 is 0 Å². The van der Waals surface area contributed by atoms with Crippen molar-refractivity contribution in [2.75, 3.05) is 6.61 Å². The predicted molar refractivity (Wildman–Crippen MR) is 241 cm³/mol. The zero-order chi connectivity index (χ0) is 41.6. The molecule has 0 aliphatic carbocycles. The Kier molecular flexibility index (Phi) is 11.5. The maximum Gasteiger partial charge on any atom is 0.211 e. The Morgan fingerprint density at radius 1 is 0.458 bits per heavy atom. The summed E-state index contributed by atoms with van der Waals surface area (Å²) in [5.74, 6) is 0.558. The molecular formula is C51H54O6P2. The molecule has 0 aromatic heterocycles. The molecular weight excluding hydrogens is 771 g/mol. The first-order chi connectivity index (χ1) is 28.3. The van der Waals surface area contributed by atoms with Gasteiger partial charge in [-0.1, -0.05) is 121 Å². The van der Waals surface area contributed by atoms with Crippen LogP contribution >= 0.6 is 14.3 Å². The third-order valence-corrected chi connectivity index (χ3v) is 20.9. The molecule has 0 N–H and O–H groups in total. The fraction of sp³-hybridized carbons (Fsp3) is 0.294. The summed E-state index contributed by atoms with van der Waals surface area (Å²) in [5.41, 5.74) is 6.06. The van der Waals surface area contributed by atoms with Gasteiger partial charge in [-0.15, -0.1) is 0 Å². The molecule has 2 heterocycles. The van der Waals surface area contributed by atoms with Crippen molar-refractivity contribution in [2.45, 2.75) is 91.5 Å². The summed E-state index contributed by atoms with van der Waals surface area (Å²) >= 11 is 0. The first-order valence-electron chi connectivity index (χ1n) is 20.5. The molecule has 2 aliphatic heterocycles. The second kappa shape index (κ2) is 16.5. The van der Waals surface area contributed by atoms with Crippen molar-refractivity contribution in [3.63, 3.8) is 0 Å². The van der Waals surface area contributed by atoms with Gasteiger partial charge in [-0.05, 0) is 112 Å². The number of para-hydroxylation sites is 1. The molecule has 0 bridgehead atoms. The van der Waals surface area contributed by atoms with Crippen LogP contribution in [0.2, 0.25) is 0 Å². The van der Waals surface area contributed by atoms with Crippen molar-refractivity contribution in [3.05, 3.63) is 184 Å². The van der Waals surface area contributed by atoms with E-state index in [-0.39, 0.29) is 6.61 Å². The zero-order valence-corrected chi connectivity index (χ0v) is 37.0. The highest BCUT2D eigenvalue weighted by Crippen LogP contribution is 2.67. The van der Waals surface area contributed by atoms with Crippen LogP contribution in [0.4, 0.5) is 0 Å². The minimum Gasteiger partial charge on any atom is -0.464 e. The number of aryl methyl sites for hydroxylation is 8. The van der Waals surface area contributed by atoms with E-state index in [9.17, 15) is 0 Å². The molecule has 59 heavy (non-hydrogen) atoms. The first kappa shape index (κ1) is 41.2. The molecule has 6 aromatic rings. The maximum atomic E-state index is 18.1. The molecule has 0 unspecified atom stereocenters. The van der Waals surface area contributed by atoms with Crippen LogP contribution < -0.4 is 26.0 Å². The highest BCUT2D eigenvalue weighted by molar-refractivity contribution is 7.83. The minimum absolute atomic E-state index is 0.151. The molecule has 304 valence electrons. The lowest BCUT2D eigenvalue weighted by Gasteiger charge is -2.54. The van der Waals surface area contributed by atoms with Crippen molar-refractivity contribution in [2.24, 2.45) is 0 Å². The van der Waals surface area contributed by atoms with Crippen LogP contribution in [0.15, 0.2) is 133 Å². The third kappa shape index (κ3) is 7.18. The Balaban J connectivity index is 1.55. The number of fused-ring (bicyclic) bond motifs is 1. The van der Waals surface area contributed by atoms with Crippen LogP contribution in [0, 0.1) is 55.4 Å². The average Bonchev–Trinajstić information content (AvgIpc) is 3.20. The van der Waals surface area contributed by atoms with Crippen LogP contribution in [0.25, 0.3) is 0 Å². The van der Waals surface area contributed by atoms with Crippen LogP contribution in [-0.4, -0.2) is 36.4 Å². The summed E-state index contributed by atoms with van der Waals surface area (Å²) < 4.78 is 64.1. The maximum absolute atomic E-state index is 18.1. The first-order valence-corrected chi connectivity index (χ1v) is 24.1. The largest absolute Gasteiger partial charge is 0.464 e. The fourth-order valence-electron chi connectivity index (χ4n) is 10.0. The molecule has 8 heteroatoms. The SMILES string of the molecule is Cc1cccc(C)c1P(=O)(c1c(C)cccc1C)[C@H]1[C@H](Oc2ccccc2)O[C@@H]2CO[C@@H](c3ccccc3)O[C@H]2[C@@H]1P(=O)(c1c(C)cccc1C)c1c(C)cccc1C. The molecule has 2 fully saturated rings. The molecule has 6 aromatic carbocycles. The van der Waals surface area contributed by atoms with Crippen LogP contribution in [0.3, 0.4) is 0 Å². The second-order valence-corrected chi connectivity index (χ2v) is 22.0.